The van der Waals surface area contributed by atoms with E-state index in [0.717, 1.165) is 11.4 Å². The van der Waals surface area contributed by atoms with E-state index in [4.69, 9.17) is 0 Å². The van der Waals surface area contributed by atoms with Crippen LogP contribution in [0.2, 0.25) is 0 Å². The van der Waals surface area contributed by atoms with Gasteiger partial charge in [-0.2, -0.15) is 0 Å². The zero-order chi connectivity index (χ0) is 32.3. The van der Waals surface area contributed by atoms with Gasteiger partial charge in [0.05, 0.1) is 5.69 Å². The van der Waals surface area contributed by atoms with Gasteiger partial charge in [0.1, 0.15) is 0 Å². The predicted molar refractivity (Wildman–Crippen MR) is 215 cm³/mol. The van der Waals surface area contributed by atoms with Gasteiger partial charge in [0.15, 0.2) is 0 Å². The van der Waals surface area contributed by atoms with E-state index in [2.05, 4.69) is 181 Å². The highest BCUT2D eigenvalue weighted by Gasteiger charge is 2.20. The molecule has 10 aromatic rings. The van der Waals surface area contributed by atoms with E-state index in [1.54, 1.807) is 0 Å². The first-order valence-corrected chi connectivity index (χ1v) is 18.2. The number of thiophene rings is 2. The summed E-state index contributed by atoms with van der Waals surface area (Å²) in [7, 11) is 0. The first kappa shape index (κ1) is 28.3. The molecule has 3 heteroatoms. The van der Waals surface area contributed by atoms with Crippen LogP contribution < -0.4 is 4.90 Å². The van der Waals surface area contributed by atoms with Crippen LogP contribution in [0, 0.1) is 0 Å². The average molecular weight is 660 g/mol. The average Bonchev–Trinajstić information content (AvgIpc) is 3.74. The van der Waals surface area contributed by atoms with Gasteiger partial charge in [-0.25, -0.2) is 0 Å². The van der Waals surface area contributed by atoms with E-state index in [1.165, 1.54) is 79.1 Å². The Hall–Kier alpha value is -5.74. The van der Waals surface area contributed by atoms with Gasteiger partial charge < -0.3 is 4.90 Å². The highest BCUT2D eigenvalue weighted by atomic mass is 32.1. The highest BCUT2D eigenvalue weighted by molar-refractivity contribution is 7.26. The summed E-state index contributed by atoms with van der Waals surface area (Å²) in [4.78, 5) is 2.46. The minimum Gasteiger partial charge on any atom is -0.310 e. The van der Waals surface area contributed by atoms with E-state index in [1.807, 2.05) is 22.7 Å². The number of hydrogen-bond acceptors (Lipinski definition) is 3. The molecular formula is C46H29NS2. The van der Waals surface area contributed by atoms with Crippen LogP contribution in [0.5, 0.6) is 0 Å². The van der Waals surface area contributed by atoms with Gasteiger partial charge in [-0.3, -0.25) is 0 Å². The molecule has 8 aromatic carbocycles. The van der Waals surface area contributed by atoms with Crippen molar-refractivity contribution in [3.63, 3.8) is 0 Å². The van der Waals surface area contributed by atoms with Crippen molar-refractivity contribution in [2.45, 2.75) is 0 Å². The van der Waals surface area contributed by atoms with E-state index in [-0.39, 0.29) is 0 Å². The molecule has 0 saturated carbocycles. The summed E-state index contributed by atoms with van der Waals surface area (Å²) >= 11 is 3.73. The standard InChI is InChI=1S/C46H29NS2/c1-2-17-36-30(11-1)12-9-20-37(36)33-15-7-13-31(27-33)32-14-8-16-34(28-32)47(35-25-26-44-40(29-35)38-18-3-5-22-42(38)48-44)41-21-10-24-45-46(41)39-19-4-6-23-43(39)49-45/h1-29H. The molecule has 0 unspecified atom stereocenters. The molecule has 0 spiro atoms. The SMILES string of the molecule is c1cc(-c2cccc(N(c3ccc4sc5ccccc5c4c3)c3cccc4sc5ccccc5c34)c2)cc(-c2cccc3ccccc23)c1. The van der Waals surface area contributed by atoms with Gasteiger partial charge in [0, 0.05) is 51.7 Å². The third-order valence-corrected chi connectivity index (χ3v) is 11.9. The number of anilines is 3. The lowest BCUT2D eigenvalue weighted by molar-refractivity contribution is 1.31. The van der Waals surface area contributed by atoms with Crippen LogP contribution >= 0.6 is 22.7 Å². The molecule has 2 aromatic heterocycles. The summed E-state index contributed by atoms with van der Waals surface area (Å²) < 4.78 is 5.23. The Bertz CT molecular complexity index is 2850. The molecule has 0 aliphatic carbocycles. The zero-order valence-corrected chi connectivity index (χ0v) is 28.1. The lowest BCUT2D eigenvalue weighted by atomic mass is 9.95. The second-order valence-electron chi connectivity index (χ2n) is 12.5. The number of benzene rings is 8. The van der Waals surface area contributed by atoms with Crippen LogP contribution in [0.1, 0.15) is 0 Å². The van der Waals surface area contributed by atoms with E-state index in [0.29, 0.717) is 0 Å². The maximum absolute atomic E-state index is 2.46. The highest BCUT2D eigenvalue weighted by Crippen LogP contribution is 2.47. The maximum Gasteiger partial charge on any atom is 0.0554 e. The number of fused-ring (bicyclic) bond motifs is 7. The van der Waals surface area contributed by atoms with E-state index < -0.39 is 0 Å². The van der Waals surface area contributed by atoms with Crippen molar-refractivity contribution in [2.24, 2.45) is 0 Å². The van der Waals surface area contributed by atoms with Crippen LogP contribution in [-0.4, -0.2) is 0 Å². The molecule has 49 heavy (non-hydrogen) atoms. The molecule has 0 bridgehead atoms. The van der Waals surface area contributed by atoms with Crippen molar-refractivity contribution in [2.75, 3.05) is 4.90 Å². The minimum atomic E-state index is 1.13. The first-order valence-electron chi connectivity index (χ1n) is 16.6. The molecular weight excluding hydrogens is 631 g/mol. The monoisotopic (exact) mass is 659 g/mol. The van der Waals surface area contributed by atoms with E-state index in [9.17, 15) is 0 Å². The van der Waals surface area contributed by atoms with Crippen molar-refractivity contribution in [1.29, 1.82) is 0 Å². The van der Waals surface area contributed by atoms with Gasteiger partial charge in [-0.1, -0.05) is 115 Å². The zero-order valence-electron chi connectivity index (χ0n) is 26.5. The van der Waals surface area contributed by atoms with Crippen LogP contribution in [-0.2, 0) is 0 Å². The van der Waals surface area contributed by atoms with Crippen LogP contribution in [0.4, 0.5) is 17.1 Å². The quantitative estimate of drug-likeness (QED) is 0.178. The summed E-state index contributed by atoms with van der Waals surface area (Å²) in [5.41, 5.74) is 8.34. The lowest BCUT2D eigenvalue weighted by Crippen LogP contribution is -2.10. The Morgan fingerprint density at radius 1 is 0.347 bits per heavy atom. The Labute approximate surface area is 292 Å². The third kappa shape index (κ3) is 4.74. The fourth-order valence-corrected chi connectivity index (χ4v) is 9.60. The second kappa shape index (κ2) is 11.5. The Morgan fingerprint density at radius 3 is 1.84 bits per heavy atom. The Balaban J connectivity index is 1.18. The van der Waals surface area contributed by atoms with E-state index >= 15 is 0 Å². The summed E-state index contributed by atoms with van der Waals surface area (Å²) in [5, 5.41) is 7.72. The molecule has 0 aliphatic heterocycles. The summed E-state index contributed by atoms with van der Waals surface area (Å²) in [6.45, 7) is 0. The van der Waals surface area contributed by atoms with Gasteiger partial charge >= 0.3 is 0 Å². The molecule has 0 N–H and O–H groups in total. The summed E-state index contributed by atoms with van der Waals surface area (Å²) in [5.74, 6) is 0. The van der Waals surface area contributed by atoms with Crippen molar-refractivity contribution >= 4 is 90.9 Å². The molecule has 1 nitrogen and oxygen atoms in total. The summed E-state index contributed by atoms with van der Waals surface area (Å²) in [6.07, 6.45) is 0. The van der Waals surface area contributed by atoms with Crippen molar-refractivity contribution in [1.82, 2.24) is 0 Å². The number of hydrogen-bond donors (Lipinski definition) is 0. The number of nitrogens with zero attached hydrogens (tertiary/aromatic N) is 1. The van der Waals surface area contributed by atoms with Gasteiger partial charge in [0.25, 0.3) is 0 Å². The smallest absolute Gasteiger partial charge is 0.0554 e. The van der Waals surface area contributed by atoms with Crippen LogP contribution in [0.3, 0.4) is 0 Å². The Morgan fingerprint density at radius 2 is 0.939 bits per heavy atom. The van der Waals surface area contributed by atoms with Crippen molar-refractivity contribution in [3.05, 3.63) is 176 Å². The topological polar surface area (TPSA) is 3.24 Å². The molecule has 10 rings (SSSR count). The van der Waals surface area contributed by atoms with Crippen molar-refractivity contribution in [3.8, 4) is 22.3 Å². The summed E-state index contributed by atoms with van der Waals surface area (Å²) in [6, 6.07) is 64.5. The predicted octanol–water partition coefficient (Wildman–Crippen LogP) is 14.4. The third-order valence-electron chi connectivity index (χ3n) is 9.64. The molecule has 2 heterocycles. The van der Waals surface area contributed by atoms with Gasteiger partial charge in [0.2, 0.25) is 0 Å². The molecule has 0 atom stereocenters. The molecule has 0 amide bonds. The minimum absolute atomic E-state index is 1.13. The molecule has 0 aliphatic rings. The molecule has 0 fully saturated rings. The second-order valence-corrected chi connectivity index (χ2v) is 14.7. The van der Waals surface area contributed by atoms with Crippen LogP contribution in [0.15, 0.2) is 176 Å². The van der Waals surface area contributed by atoms with Gasteiger partial charge in [-0.05, 0) is 93.7 Å². The normalized spacial score (nSPS) is 11.7. The van der Waals surface area contributed by atoms with Gasteiger partial charge in [-0.15, -0.1) is 22.7 Å². The lowest BCUT2D eigenvalue weighted by Gasteiger charge is -2.27. The van der Waals surface area contributed by atoms with Crippen LogP contribution in [0.25, 0.3) is 73.4 Å². The fourth-order valence-electron chi connectivity index (χ4n) is 7.39. The Kier molecular flexibility index (Phi) is 6.61. The maximum atomic E-state index is 2.46. The largest absolute Gasteiger partial charge is 0.310 e. The molecule has 230 valence electrons. The number of rotatable bonds is 5. The first-order chi connectivity index (χ1) is 24.3. The molecule has 0 saturated heterocycles. The van der Waals surface area contributed by atoms with Crippen molar-refractivity contribution < 1.29 is 0 Å². The molecule has 0 radical (unpaired) electrons. The fraction of sp³-hybridized carbons (Fsp3) is 0.